The molecule has 31 heavy (non-hydrogen) atoms. The third-order valence-corrected chi connectivity index (χ3v) is 3.99. The summed E-state index contributed by atoms with van der Waals surface area (Å²) in [5.41, 5.74) is 4.75. The van der Waals surface area contributed by atoms with E-state index in [-0.39, 0.29) is 28.5 Å². The maximum atomic E-state index is 14.3. The maximum absolute atomic E-state index is 14.3. The number of hydrogen-bond acceptors (Lipinski definition) is 6. The van der Waals surface area contributed by atoms with E-state index in [1.807, 2.05) is 0 Å². The summed E-state index contributed by atoms with van der Waals surface area (Å²) in [7, 11) is 0. The van der Waals surface area contributed by atoms with Crippen molar-refractivity contribution in [2.45, 2.75) is 12.4 Å². The van der Waals surface area contributed by atoms with Crippen LogP contribution >= 0.6 is 0 Å². The van der Waals surface area contributed by atoms with Crippen molar-refractivity contribution in [2.75, 3.05) is 5.73 Å². The van der Waals surface area contributed by atoms with Gasteiger partial charge in [-0.05, 0) is 42.0 Å². The first-order chi connectivity index (χ1) is 14.5. The fourth-order valence-electron chi connectivity index (χ4n) is 2.62. The molecule has 2 aromatic heterocycles. The van der Waals surface area contributed by atoms with Crippen molar-refractivity contribution in [1.82, 2.24) is 15.3 Å². The minimum Gasteiger partial charge on any atom is -0.504 e. The van der Waals surface area contributed by atoms with E-state index < -0.39 is 35.7 Å². The van der Waals surface area contributed by atoms with Crippen LogP contribution < -0.4 is 15.8 Å². The van der Waals surface area contributed by atoms with Gasteiger partial charge in [0.05, 0.1) is 6.04 Å². The van der Waals surface area contributed by atoms with Crippen molar-refractivity contribution in [3.8, 4) is 11.5 Å². The number of nitrogen functional groups attached to an aromatic ring is 1. The highest BCUT2D eigenvalue weighted by molar-refractivity contribution is 5.93. The third-order valence-electron chi connectivity index (χ3n) is 3.99. The van der Waals surface area contributed by atoms with Crippen molar-refractivity contribution < 1.29 is 36.6 Å². The average Bonchev–Trinajstić information content (AvgIpc) is 2.69. The number of nitrogens with one attached hydrogen (secondary N) is 1. The number of amides is 1. The molecule has 162 valence electrons. The van der Waals surface area contributed by atoms with Crippen LogP contribution in [0.3, 0.4) is 0 Å². The number of halogens is 5. The van der Waals surface area contributed by atoms with Crippen LogP contribution in [0.15, 0.2) is 48.7 Å². The summed E-state index contributed by atoms with van der Waals surface area (Å²) in [6.45, 7) is 0. The quantitative estimate of drug-likeness (QED) is 0.524. The largest absolute Gasteiger partial charge is 0.573 e. The summed E-state index contributed by atoms with van der Waals surface area (Å²) < 4.78 is 69.3. The van der Waals surface area contributed by atoms with Crippen LogP contribution in [0.25, 0.3) is 0 Å². The lowest BCUT2D eigenvalue weighted by Crippen LogP contribution is -2.31. The van der Waals surface area contributed by atoms with E-state index in [0.29, 0.717) is 12.1 Å². The normalized spacial score (nSPS) is 12.3. The first-order valence-corrected chi connectivity index (χ1v) is 8.47. The zero-order valence-electron chi connectivity index (χ0n) is 15.3. The monoisotopic (exact) mass is 440 g/mol. The lowest BCUT2D eigenvalue weighted by atomic mass is 10.0. The van der Waals surface area contributed by atoms with Gasteiger partial charge in [-0.1, -0.05) is 6.07 Å². The minimum absolute atomic E-state index is 0.121. The molecule has 0 saturated carbocycles. The molecule has 4 N–H and O–H groups in total. The van der Waals surface area contributed by atoms with Crippen LogP contribution in [-0.4, -0.2) is 27.3 Å². The molecule has 0 fully saturated rings. The average molecular weight is 440 g/mol. The predicted octanol–water partition coefficient (Wildman–Crippen LogP) is 3.46. The summed E-state index contributed by atoms with van der Waals surface area (Å²) in [4.78, 5) is 20.1. The van der Waals surface area contributed by atoms with Gasteiger partial charge in [-0.2, -0.15) is 0 Å². The molecular formula is C19H13F5N4O3. The molecule has 0 aliphatic rings. The molecular weight excluding hydrogens is 427 g/mol. The molecule has 0 bridgehead atoms. The van der Waals surface area contributed by atoms with Crippen LogP contribution in [0.5, 0.6) is 11.5 Å². The molecule has 0 aliphatic heterocycles. The predicted molar refractivity (Wildman–Crippen MR) is 96.9 cm³/mol. The molecule has 3 aromatic rings. The number of rotatable bonds is 5. The van der Waals surface area contributed by atoms with Crippen molar-refractivity contribution in [1.29, 1.82) is 0 Å². The van der Waals surface area contributed by atoms with Gasteiger partial charge in [0.1, 0.15) is 17.2 Å². The number of nitrogens with two attached hydrogens (primary N) is 1. The van der Waals surface area contributed by atoms with Crippen LogP contribution in [-0.2, 0) is 0 Å². The summed E-state index contributed by atoms with van der Waals surface area (Å²) in [5.74, 6) is -4.95. The van der Waals surface area contributed by atoms with Crippen LogP contribution in [0.4, 0.5) is 27.8 Å². The number of benzene rings is 1. The number of pyridine rings is 2. The second-order valence-corrected chi connectivity index (χ2v) is 6.12. The van der Waals surface area contributed by atoms with E-state index in [9.17, 15) is 31.9 Å². The smallest absolute Gasteiger partial charge is 0.504 e. The number of alkyl halides is 3. The van der Waals surface area contributed by atoms with Gasteiger partial charge in [-0.15, -0.1) is 13.2 Å². The SMILES string of the molecule is Nc1nc(C(=O)NC(c2ccc(OC(F)(F)F)c(F)c2)c2ncccc2F)ccc1O. The Labute approximate surface area is 171 Å². The standard InChI is InChI=1S/C19H13F5N4O3/c20-10-2-1-7-26-16(10)15(28-18(30)12-4-5-13(29)17(25)27-12)9-3-6-14(11(21)8-9)31-19(22,23)24/h1-8,15,29H,(H2,25,27)(H,28,30). The Morgan fingerprint density at radius 2 is 1.87 bits per heavy atom. The fraction of sp³-hybridized carbons (Fsp3) is 0.105. The van der Waals surface area contributed by atoms with Crippen LogP contribution in [0, 0.1) is 11.6 Å². The van der Waals surface area contributed by atoms with Crippen molar-refractivity contribution >= 4 is 11.7 Å². The van der Waals surface area contributed by atoms with E-state index >= 15 is 0 Å². The number of hydrogen-bond donors (Lipinski definition) is 3. The van der Waals surface area contributed by atoms with Gasteiger partial charge < -0.3 is 20.9 Å². The lowest BCUT2D eigenvalue weighted by molar-refractivity contribution is -0.275. The molecule has 3 rings (SSSR count). The molecule has 1 atom stereocenters. The van der Waals surface area contributed by atoms with Gasteiger partial charge in [-0.25, -0.2) is 13.8 Å². The molecule has 0 spiro atoms. The van der Waals surface area contributed by atoms with Crippen molar-refractivity contribution in [3.05, 3.63) is 77.2 Å². The summed E-state index contributed by atoms with van der Waals surface area (Å²) in [6, 6.07) is 5.51. The van der Waals surface area contributed by atoms with Gasteiger partial charge in [0.2, 0.25) is 0 Å². The highest BCUT2D eigenvalue weighted by atomic mass is 19.4. The highest BCUT2D eigenvalue weighted by Gasteiger charge is 2.33. The molecule has 7 nitrogen and oxygen atoms in total. The van der Waals surface area contributed by atoms with Gasteiger partial charge in [0, 0.05) is 6.20 Å². The fourth-order valence-corrected chi connectivity index (χ4v) is 2.62. The Balaban J connectivity index is 1.99. The zero-order chi connectivity index (χ0) is 22.8. The third kappa shape index (κ3) is 5.15. The Hall–Kier alpha value is -3.96. The first-order valence-electron chi connectivity index (χ1n) is 8.47. The van der Waals surface area contributed by atoms with Gasteiger partial charge in [0.15, 0.2) is 23.1 Å². The summed E-state index contributed by atoms with van der Waals surface area (Å²) in [5, 5.41) is 11.8. The van der Waals surface area contributed by atoms with E-state index in [1.54, 1.807) is 0 Å². The number of carbonyl (C=O) groups excluding carboxylic acids is 1. The number of aromatic hydroxyl groups is 1. The molecule has 0 aliphatic carbocycles. The van der Waals surface area contributed by atoms with E-state index in [1.165, 1.54) is 12.3 Å². The summed E-state index contributed by atoms with van der Waals surface area (Å²) >= 11 is 0. The van der Waals surface area contributed by atoms with E-state index in [0.717, 1.165) is 24.3 Å². The number of nitrogens with zero attached hydrogens (tertiary/aromatic N) is 2. The number of ether oxygens (including phenoxy) is 1. The second kappa shape index (κ2) is 8.42. The van der Waals surface area contributed by atoms with Crippen molar-refractivity contribution in [3.63, 3.8) is 0 Å². The van der Waals surface area contributed by atoms with E-state index in [2.05, 4.69) is 20.0 Å². The van der Waals surface area contributed by atoms with Crippen molar-refractivity contribution in [2.24, 2.45) is 0 Å². The maximum Gasteiger partial charge on any atom is 0.573 e. The second-order valence-electron chi connectivity index (χ2n) is 6.12. The zero-order valence-corrected chi connectivity index (χ0v) is 15.3. The van der Waals surface area contributed by atoms with Crippen LogP contribution in [0.1, 0.15) is 27.8 Å². The number of aromatic nitrogens is 2. The Bertz CT molecular complexity index is 1120. The molecule has 1 unspecified atom stereocenters. The number of carbonyl (C=O) groups is 1. The van der Waals surface area contributed by atoms with Gasteiger partial charge in [0.25, 0.3) is 5.91 Å². The van der Waals surface area contributed by atoms with E-state index in [4.69, 9.17) is 5.73 Å². The molecule has 0 radical (unpaired) electrons. The lowest BCUT2D eigenvalue weighted by Gasteiger charge is -2.20. The minimum atomic E-state index is -5.12. The molecule has 1 aromatic carbocycles. The van der Waals surface area contributed by atoms with Gasteiger partial charge in [-0.3, -0.25) is 9.78 Å². The molecule has 12 heteroatoms. The topological polar surface area (TPSA) is 110 Å². The molecule has 2 heterocycles. The van der Waals surface area contributed by atoms with Crippen LogP contribution in [0.2, 0.25) is 0 Å². The summed E-state index contributed by atoms with van der Waals surface area (Å²) in [6.07, 6.45) is -3.90. The molecule has 0 saturated heterocycles. The highest BCUT2D eigenvalue weighted by Crippen LogP contribution is 2.30. The Kier molecular flexibility index (Phi) is 5.90. The Morgan fingerprint density at radius 3 is 2.48 bits per heavy atom. The Morgan fingerprint density at radius 1 is 1.13 bits per heavy atom. The number of anilines is 1. The van der Waals surface area contributed by atoms with Gasteiger partial charge >= 0.3 is 6.36 Å². The molecule has 1 amide bonds. The first kappa shape index (κ1) is 21.7.